The maximum absolute atomic E-state index is 14.7. The van der Waals surface area contributed by atoms with Crippen LogP contribution in [0.25, 0.3) is 4.85 Å². The van der Waals surface area contributed by atoms with Gasteiger partial charge in [0.2, 0.25) is 5.69 Å². The second kappa shape index (κ2) is 8.26. The van der Waals surface area contributed by atoms with Gasteiger partial charge in [-0.2, -0.15) is 13.2 Å². The van der Waals surface area contributed by atoms with E-state index in [-0.39, 0.29) is 5.56 Å². The molecule has 1 amide bonds. The zero-order valence-corrected chi connectivity index (χ0v) is 18.2. The largest absolute Gasteiger partial charge is 0.450 e. The Kier molecular flexibility index (Phi) is 6.51. The fourth-order valence-electron chi connectivity index (χ4n) is 2.73. The molecular weight excluding hydrogens is 472 g/mol. The number of rotatable bonds is 4. The first-order chi connectivity index (χ1) is 13.6. The Labute approximate surface area is 179 Å². The van der Waals surface area contributed by atoms with E-state index in [1.165, 1.54) is 19.1 Å². The molecule has 0 aliphatic rings. The molecule has 30 heavy (non-hydrogen) atoms. The van der Waals surface area contributed by atoms with Crippen LogP contribution in [-0.2, 0) is 23.0 Å². The first-order valence-electron chi connectivity index (χ1n) is 8.63. The number of aromatic nitrogens is 2. The standard InChI is InChI=1S/C19H19BrF4N4O2/c1-17(2,3)30-16(29)27-18(4,12-8-11(20)6-7-13(12)21)10-28-9-14(19(22,23)24)26-15(28)25-5/h6-9H,10H2,1-4H3,(H,27,29). The van der Waals surface area contributed by atoms with Gasteiger partial charge in [-0.05, 0) is 45.9 Å². The highest BCUT2D eigenvalue weighted by Gasteiger charge is 2.40. The third-order valence-corrected chi connectivity index (χ3v) is 4.43. The van der Waals surface area contributed by atoms with Gasteiger partial charge in [0.05, 0.1) is 18.3 Å². The predicted octanol–water partition coefficient (Wildman–Crippen LogP) is 5.79. The topological polar surface area (TPSA) is 60.5 Å². The Hall–Kier alpha value is -2.61. The van der Waals surface area contributed by atoms with E-state index in [1.807, 2.05) is 0 Å². The first kappa shape index (κ1) is 23.7. The Morgan fingerprint density at radius 3 is 2.47 bits per heavy atom. The lowest BCUT2D eigenvalue weighted by molar-refractivity contribution is -0.140. The van der Waals surface area contributed by atoms with Gasteiger partial charge in [-0.1, -0.05) is 15.9 Å². The van der Waals surface area contributed by atoms with E-state index >= 15 is 0 Å². The molecule has 1 unspecified atom stereocenters. The maximum Gasteiger partial charge on any atom is 0.450 e. The number of hydrogen-bond acceptors (Lipinski definition) is 3. The van der Waals surface area contributed by atoms with Gasteiger partial charge in [0.25, 0.3) is 0 Å². The number of hydrogen-bond donors (Lipinski definition) is 1. The SMILES string of the molecule is [C-]#[N+]c1nc(C(F)(F)F)cn1CC(C)(NC(=O)OC(C)(C)C)c1cc(Br)ccc1F. The van der Waals surface area contributed by atoms with Crippen LogP contribution >= 0.6 is 15.9 Å². The van der Waals surface area contributed by atoms with E-state index in [9.17, 15) is 22.4 Å². The molecular formula is C19H19BrF4N4O2. The highest BCUT2D eigenvalue weighted by atomic mass is 79.9. The van der Waals surface area contributed by atoms with Crippen LogP contribution in [0.1, 0.15) is 39.0 Å². The minimum absolute atomic E-state index is 0.0130. The first-order valence-corrected chi connectivity index (χ1v) is 9.42. The zero-order valence-electron chi connectivity index (χ0n) is 16.6. The Balaban J connectivity index is 2.55. The molecule has 2 rings (SSSR count). The number of carbonyl (C=O) groups excluding carboxylic acids is 1. The van der Waals surface area contributed by atoms with Gasteiger partial charge in [-0.3, -0.25) is 4.57 Å². The summed E-state index contributed by atoms with van der Waals surface area (Å²) in [5.41, 5.74) is -3.70. The maximum atomic E-state index is 14.7. The fraction of sp³-hybridized carbons (Fsp3) is 0.421. The van der Waals surface area contributed by atoms with Crippen molar-refractivity contribution in [3.8, 4) is 0 Å². The van der Waals surface area contributed by atoms with Crippen molar-refractivity contribution in [3.05, 3.63) is 57.4 Å². The number of nitrogens with zero attached hydrogens (tertiary/aromatic N) is 3. The summed E-state index contributed by atoms with van der Waals surface area (Å²) in [5.74, 6) is -1.24. The van der Waals surface area contributed by atoms with Gasteiger partial charge >= 0.3 is 18.2 Å². The van der Waals surface area contributed by atoms with Gasteiger partial charge in [-0.25, -0.2) is 9.18 Å². The second-order valence-electron chi connectivity index (χ2n) is 7.75. The normalized spacial score (nSPS) is 14.0. The molecule has 1 aromatic carbocycles. The number of alkyl halides is 3. The smallest absolute Gasteiger partial charge is 0.444 e. The molecule has 0 aliphatic heterocycles. The third-order valence-electron chi connectivity index (χ3n) is 3.93. The molecule has 11 heteroatoms. The summed E-state index contributed by atoms with van der Waals surface area (Å²) in [4.78, 5) is 18.7. The van der Waals surface area contributed by atoms with Crippen LogP contribution in [0.3, 0.4) is 0 Å². The van der Waals surface area contributed by atoms with E-state index in [0.29, 0.717) is 10.7 Å². The Morgan fingerprint density at radius 1 is 1.30 bits per heavy atom. The molecule has 0 radical (unpaired) electrons. The van der Waals surface area contributed by atoms with Crippen molar-refractivity contribution < 1.29 is 27.1 Å². The number of alkyl carbamates (subject to hydrolysis) is 1. The third kappa shape index (κ3) is 5.72. The fourth-order valence-corrected chi connectivity index (χ4v) is 3.09. The van der Waals surface area contributed by atoms with E-state index in [4.69, 9.17) is 11.3 Å². The summed E-state index contributed by atoms with van der Waals surface area (Å²) < 4.78 is 60.5. The molecule has 162 valence electrons. The average Bonchev–Trinajstić information content (AvgIpc) is 2.97. The van der Waals surface area contributed by atoms with E-state index in [2.05, 4.69) is 31.1 Å². The quantitative estimate of drug-likeness (QED) is 0.435. The number of imidazole rings is 1. The van der Waals surface area contributed by atoms with Crippen LogP contribution in [0, 0.1) is 12.4 Å². The summed E-state index contributed by atoms with van der Waals surface area (Å²) in [7, 11) is 0. The van der Waals surface area contributed by atoms with Crippen LogP contribution in [0.5, 0.6) is 0 Å². The van der Waals surface area contributed by atoms with Gasteiger partial charge in [0, 0.05) is 10.0 Å². The van der Waals surface area contributed by atoms with Crippen molar-refractivity contribution in [3.63, 3.8) is 0 Å². The molecule has 0 saturated carbocycles. The minimum atomic E-state index is -4.76. The lowest BCUT2D eigenvalue weighted by Crippen LogP contribution is -2.48. The Morgan fingerprint density at radius 2 is 1.93 bits per heavy atom. The number of amides is 1. The summed E-state index contributed by atoms with van der Waals surface area (Å²) in [6, 6.07) is 3.99. The van der Waals surface area contributed by atoms with Crippen molar-refractivity contribution >= 4 is 28.0 Å². The highest BCUT2D eigenvalue weighted by molar-refractivity contribution is 9.10. The summed E-state index contributed by atoms with van der Waals surface area (Å²) >= 11 is 3.22. The van der Waals surface area contributed by atoms with Crippen molar-refractivity contribution in [2.45, 2.75) is 51.6 Å². The van der Waals surface area contributed by atoms with Crippen molar-refractivity contribution in [1.29, 1.82) is 0 Å². The summed E-state index contributed by atoms with van der Waals surface area (Å²) in [6.07, 6.45) is -5.01. The Bertz CT molecular complexity index is 992. The molecule has 6 nitrogen and oxygen atoms in total. The monoisotopic (exact) mass is 490 g/mol. The number of benzene rings is 1. The molecule has 0 bridgehead atoms. The molecule has 1 atom stereocenters. The molecule has 0 aliphatic carbocycles. The van der Waals surface area contributed by atoms with Crippen molar-refractivity contribution in [1.82, 2.24) is 14.9 Å². The number of ether oxygens (including phenoxy) is 1. The van der Waals surface area contributed by atoms with Crippen LogP contribution in [-0.4, -0.2) is 21.2 Å². The van der Waals surface area contributed by atoms with Crippen LogP contribution in [0.15, 0.2) is 28.9 Å². The van der Waals surface area contributed by atoms with Gasteiger partial charge in [-0.15, -0.1) is 11.6 Å². The predicted molar refractivity (Wildman–Crippen MR) is 104 cm³/mol. The van der Waals surface area contributed by atoms with Crippen LogP contribution in [0.2, 0.25) is 0 Å². The highest BCUT2D eigenvalue weighted by Crippen LogP contribution is 2.34. The number of nitrogens with one attached hydrogen (secondary N) is 1. The molecule has 0 spiro atoms. The summed E-state index contributed by atoms with van der Waals surface area (Å²) in [6.45, 7) is 13.0. The second-order valence-corrected chi connectivity index (χ2v) is 8.66. The zero-order chi connectivity index (χ0) is 22.9. The van der Waals surface area contributed by atoms with Gasteiger partial charge in [0.1, 0.15) is 11.4 Å². The molecule has 1 heterocycles. The number of halogens is 5. The van der Waals surface area contributed by atoms with Crippen LogP contribution < -0.4 is 5.32 Å². The molecule has 1 N–H and O–H groups in total. The van der Waals surface area contributed by atoms with Crippen molar-refractivity contribution in [2.24, 2.45) is 0 Å². The van der Waals surface area contributed by atoms with E-state index in [1.54, 1.807) is 20.8 Å². The molecule has 1 aromatic heterocycles. The number of carbonyl (C=O) groups is 1. The molecule has 2 aromatic rings. The van der Waals surface area contributed by atoms with Gasteiger partial charge < -0.3 is 14.9 Å². The van der Waals surface area contributed by atoms with E-state index < -0.39 is 47.4 Å². The molecule has 0 fully saturated rings. The summed E-state index contributed by atoms with van der Waals surface area (Å²) in [5, 5.41) is 2.53. The minimum Gasteiger partial charge on any atom is -0.444 e. The van der Waals surface area contributed by atoms with Crippen LogP contribution in [0.4, 0.5) is 28.3 Å². The van der Waals surface area contributed by atoms with E-state index in [0.717, 1.165) is 10.6 Å². The van der Waals surface area contributed by atoms with Crippen molar-refractivity contribution in [2.75, 3.05) is 0 Å². The lowest BCUT2D eigenvalue weighted by Gasteiger charge is -2.32. The average molecular weight is 491 g/mol. The lowest BCUT2D eigenvalue weighted by atomic mass is 9.91. The molecule has 0 saturated heterocycles. The van der Waals surface area contributed by atoms with Gasteiger partial charge in [0.15, 0.2) is 0 Å².